The summed E-state index contributed by atoms with van der Waals surface area (Å²) in [4.78, 5) is 19.3. The number of amides is 1. The number of benzene rings is 1. The predicted molar refractivity (Wildman–Crippen MR) is 99.9 cm³/mol. The number of nitrogens with zero attached hydrogens (tertiary/aromatic N) is 3. The van der Waals surface area contributed by atoms with Gasteiger partial charge in [-0.1, -0.05) is 13.0 Å². The van der Waals surface area contributed by atoms with Crippen molar-refractivity contribution >= 4 is 5.91 Å². The van der Waals surface area contributed by atoms with Gasteiger partial charge in [0.1, 0.15) is 13.2 Å². The van der Waals surface area contributed by atoms with Crippen molar-refractivity contribution in [2.75, 3.05) is 26.3 Å². The highest BCUT2D eigenvalue weighted by Gasteiger charge is 2.47. The lowest BCUT2D eigenvalue weighted by molar-refractivity contribution is -0.135. The number of ether oxygens (including phenoxy) is 2. The van der Waals surface area contributed by atoms with Crippen molar-refractivity contribution in [1.29, 1.82) is 0 Å². The molecule has 0 N–H and O–H groups in total. The van der Waals surface area contributed by atoms with Gasteiger partial charge in [0.25, 0.3) is 0 Å². The van der Waals surface area contributed by atoms with Gasteiger partial charge in [0.2, 0.25) is 5.91 Å². The van der Waals surface area contributed by atoms with Gasteiger partial charge >= 0.3 is 0 Å². The molecule has 1 aromatic carbocycles. The summed E-state index contributed by atoms with van der Waals surface area (Å²) >= 11 is 0. The van der Waals surface area contributed by atoms with Crippen LogP contribution in [0.4, 0.5) is 0 Å². The van der Waals surface area contributed by atoms with E-state index >= 15 is 0 Å². The third-order valence-electron chi connectivity index (χ3n) is 6.24. The summed E-state index contributed by atoms with van der Waals surface area (Å²) in [6.45, 7) is 5.09. The minimum absolute atomic E-state index is 0.101. The highest BCUT2D eigenvalue weighted by Crippen LogP contribution is 2.50. The van der Waals surface area contributed by atoms with Gasteiger partial charge in [-0.05, 0) is 42.4 Å². The van der Waals surface area contributed by atoms with Gasteiger partial charge in [-0.15, -0.1) is 0 Å². The van der Waals surface area contributed by atoms with Gasteiger partial charge in [0.05, 0.1) is 12.4 Å². The summed E-state index contributed by atoms with van der Waals surface area (Å²) in [7, 11) is 0. The molecule has 27 heavy (non-hydrogen) atoms. The van der Waals surface area contributed by atoms with Crippen LogP contribution in [-0.4, -0.2) is 46.7 Å². The summed E-state index contributed by atoms with van der Waals surface area (Å²) in [5.41, 5.74) is 1.19. The lowest BCUT2D eigenvalue weighted by Gasteiger charge is -2.38. The first kappa shape index (κ1) is 16.7. The smallest absolute Gasteiger partial charge is 0.226 e. The van der Waals surface area contributed by atoms with Crippen LogP contribution in [0.1, 0.15) is 37.3 Å². The molecule has 0 spiro atoms. The molecule has 1 saturated carbocycles. The van der Waals surface area contributed by atoms with E-state index < -0.39 is 0 Å². The van der Waals surface area contributed by atoms with Crippen LogP contribution in [0, 0.1) is 11.8 Å². The third kappa shape index (κ3) is 3.07. The highest BCUT2D eigenvalue weighted by atomic mass is 16.6. The number of hydrogen-bond donors (Lipinski definition) is 0. The van der Waals surface area contributed by atoms with Crippen LogP contribution in [0.3, 0.4) is 0 Å². The molecule has 0 radical (unpaired) electrons. The van der Waals surface area contributed by atoms with E-state index in [1.807, 2.05) is 24.8 Å². The Bertz CT molecular complexity index is 835. The molecule has 3 aliphatic rings. The normalized spacial score (nSPS) is 29.4. The fourth-order valence-electron chi connectivity index (χ4n) is 4.46. The molecule has 142 valence electrons. The van der Waals surface area contributed by atoms with E-state index in [9.17, 15) is 4.79 Å². The minimum Gasteiger partial charge on any atom is -0.486 e. The number of imidazole rings is 1. The van der Waals surface area contributed by atoms with Crippen LogP contribution in [0.15, 0.2) is 36.9 Å². The SMILES string of the molecule is CC1CCN(C(=O)C2CC2c2ccc3c(c2)OCCO3)CC1n1ccnc1. The lowest BCUT2D eigenvalue weighted by atomic mass is 9.93. The zero-order chi connectivity index (χ0) is 18.4. The summed E-state index contributed by atoms with van der Waals surface area (Å²) in [5.74, 6) is 2.87. The van der Waals surface area contributed by atoms with Gasteiger partial charge in [-0.3, -0.25) is 4.79 Å². The predicted octanol–water partition coefficient (Wildman–Crippen LogP) is 2.87. The van der Waals surface area contributed by atoms with Gasteiger partial charge in [-0.2, -0.15) is 0 Å². The Hall–Kier alpha value is -2.50. The molecule has 2 aromatic rings. The zero-order valence-corrected chi connectivity index (χ0v) is 15.6. The number of piperidine rings is 1. The molecule has 6 heteroatoms. The molecule has 1 aliphatic carbocycles. The monoisotopic (exact) mass is 367 g/mol. The van der Waals surface area contributed by atoms with E-state index in [1.54, 1.807) is 0 Å². The molecule has 2 fully saturated rings. The number of aromatic nitrogens is 2. The number of rotatable bonds is 3. The molecule has 3 heterocycles. The second-order valence-corrected chi connectivity index (χ2v) is 7.98. The Morgan fingerprint density at radius 1 is 1.22 bits per heavy atom. The zero-order valence-electron chi connectivity index (χ0n) is 15.6. The standard InChI is InChI=1S/C21H25N3O3/c1-14-4-6-23(12-18(14)24-7-5-22-13-24)21(25)17-11-16(17)15-2-3-19-20(10-15)27-9-8-26-19/h2-3,5,7,10,13-14,16-18H,4,6,8-9,11-12H2,1H3. The Morgan fingerprint density at radius 3 is 2.89 bits per heavy atom. The maximum atomic E-state index is 13.1. The van der Waals surface area contributed by atoms with Crippen LogP contribution in [0.5, 0.6) is 11.5 Å². The van der Waals surface area contributed by atoms with Crippen LogP contribution in [-0.2, 0) is 4.79 Å². The van der Waals surface area contributed by atoms with Crippen molar-refractivity contribution < 1.29 is 14.3 Å². The fraction of sp³-hybridized carbons (Fsp3) is 0.524. The number of hydrogen-bond acceptors (Lipinski definition) is 4. The molecule has 1 amide bonds. The summed E-state index contributed by atoms with van der Waals surface area (Å²) in [6, 6.07) is 6.43. The van der Waals surface area contributed by atoms with Crippen molar-refractivity contribution in [3.8, 4) is 11.5 Å². The lowest BCUT2D eigenvalue weighted by Crippen LogP contribution is -2.44. The molecule has 4 unspecified atom stereocenters. The van der Waals surface area contributed by atoms with Crippen LogP contribution >= 0.6 is 0 Å². The summed E-state index contributed by atoms with van der Waals surface area (Å²) in [5, 5.41) is 0. The van der Waals surface area contributed by atoms with Gasteiger partial charge < -0.3 is 18.9 Å². The topological polar surface area (TPSA) is 56.6 Å². The molecule has 2 aliphatic heterocycles. The van der Waals surface area contributed by atoms with E-state index in [0.29, 0.717) is 37.0 Å². The van der Waals surface area contributed by atoms with E-state index in [0.717, 1.165) is 37.4 Å². The number of fused-ring (bicyclic) bond motifs is 1. The first-order valence-corrected chi connectivity index (χ1v) is 9.86. The van der Waals surface area contributed by atoms with Crippen LogP contribution in [0.25, 0.3) is 0 Å². The largest absolute Gasteiger partial charge is 0.486 e. The molecular weight excluding hydrogens is 342 g/mol. The second-order valence-electron chi connectivity index (χ2n) is 7.98. The van der Waals surface area contributed by atoms with Crippen molar-refractivity contribution in [3.05, 3.63) is 42.5 Å². The maximum absolute atomic E-state index is 13.1. The molecule has 4 atom stereocenters. The molecule has 5 rings (SSSR count). The Kier molecular flexibility index (Phi) is 4.06. The summed E-state index contributed by atoms with van der Waals surface area (Å²) < 4.78 is 13.4. The van der Waals surface area contributed by atoms with E-state index in [1.165, 1.54) is 5.56 Å². The van der Waals surface area contributed by atoms with Crippen molar-refractivity contribution in [1.82, 2.24) is 14.5 Å². The minimum atomic E-state index is 0.101. The van der Waals surface area contributed by atoms with Crippen LogP contribution < -0.4 is 9.47 Å². The maximum Gasteiger partial charge on any atom is 0.226 e. The van der Waals surface area contributed by atoms with Crippen molar-refractivity contribution in [3.63, 3.8) is 0 Å². The Balaban J connectivity index is 1.27. The molecular formula is C21H25N3O3. The first-order valence-electron chi connectivity index (χ1n) is 9.86. The van der Waals surface area contributed by atoms with Gasteiger partial charge in [0.15, 0.2) is 11.5 Å². The second kappa shape index (κ2) is 6.59. The van der Waals surface area contributed by atoms with E-state index in [4.69, 9.17) is 9.47 Å². The fourth-order valence-corrected chi connectivity index (χ4v) is 4.46. The molecule has 6 nitrogen and oxygen atoms in total. The Morgan fingerprint density at radius 2 is 2.07 bits per heavy atom. The highest BCUT2D eigenvalue weighted by molar-refractivity contribution is 5.83. The quantitative estimate of drug-likeness (QED) is 0.837. The van der Waals surface area contributed by atoms with Crippen molar-refractivity contribution in [2.45, 2.75) is 31.7 Å². The van der Waals surface area contributed by atoms with Crippen molar-refractivity contribution in [2.24, 2.45) is 11.8 Å². The molecule has 1 aromatic heterocycles. The third-order valence-corrected chi connectivity index (χ3v) is 6.24. The molecule has 1 saturated heterocycles. The Labute approximate surface area is 159 Å². The number of carbonyl (C=O) groups is 1. The average Bonchev–Trinajstić information content (AvgIpc) is 3.32. The van der Waals surface area contributed by atoms with E-state index in [-0.39, 0.29) is 5.92 Å². The summed E-state index contributed by atoms with van der Waals surface area (Å²) in [6.07, 6.45) is 7.65. The van der Waals surface area contributed by atoms with Gasteiger partial charge in [0, 0.05) is 31.4 Å². The molecule has 0 bridgehead atoms. The average molecular weight is 367 g/mol. The first-order chi connectivity index (χ1) is 13.2. The number of carbonyl (C=O) groups excluding carboxylic acids is 1. The van der Waals surface area contributed by atoms with Gasteiger partial charge in [-0.25, -0.2) is 4.98 Å². The van der Waals surface area contributed by atoms with E-state index in [2.05, 4.69) is 33.5 Å². The van der Waals surface area contributed by atoms with Crippen LogP contribution in [0.2, 0.25) is 0 Å². The number of likely N-dealkylation sites (tertiary alicyclic amines) is 1.